The van der Waals surface area contributed by atoms with Crippen molar-refractivity contribution < 1.29 is 4.79 Å². The molecule has 2 aromatic heterocycles. The minimum atomic E-state index is -0.139. The third-order valence-corrected chi connectivity index (χ3v) is 4.53. The van der Waals surface area contributed by atoms with E-state index >= 15 is 0 Å². The van der Waals surface area contributed by atoms with Crippen LogP contribution in [0.4, 0.5) is 0 Å². The van der Waals surface area contributed by atoms with Gasteiger partial charge in [0, 0.05) is 10.3 Å². The average molecular weight is 295 g/mol. The van der Waals surface area contributed by atoms with Crippen molar-refractivity contribution in [3.8, 4) is 0 Å². The van der Waals surface area contributed by atoms with E-state index in [9.17, 15) is 4.79 Å². The molecule has 2 rings (SSSR count). The fourth-order valence-corrected chi connectivity index (χ4v) is 3.15. The molecule has 0 saturated heterocycles. The first-order chi connectivity index (χ1) is 9.20. The molecule has 0 radical (unpaired) electrons. The lowest BCUT2D eigenvalue weighted by molar-refractivity contribution is 0.0947. The Labute approximate surface area is 120 Å². The summed E-state index contributed by atoms with van der Waals surface area (Å²) in [4.78, 5) is 17.4. The predicted molar refractivity (Wildman–Crippen MR) is 79.4 cm³/mol. The summed E-state index contributed by atoms with van der Waals surface area (Å²) >= 11 is 3.08. The van der Waals surface area contributed by atoms with Crippen LogP contribution in [0.25, 0.3) is 0 Å². The number of thiazole rings is 1. The van der Waals surface area contributed by atoms with Gasteiger partial charge in [-0.2, -0.15) is 0 Å². The van der Waals surface area contributed by atoms with Gasteiger partial charge < -0.3 is 11.1 Å². The molecule has 0 aliphatic rings. The van der Waals surface area contributed by atoms with E-state index < -0.39 is 0 Å². The number of hydrogen-bond acceptors (Lipinski definition) is 5. The summed E-state index contributed by atoms with van der Waals surface area (Å²) in [5, 5.41) is 7.46. The average Bonchev–Trinajstić information content (AvgIpc) is 3.07. The van der Waals surface area contributed by atoms with Crippen molar-refractivity contribution in [1.82, 2.24) is 10.3 Å². The number of hydrogen-bond donors (Lipinski definition) is 2. The number of carbonyl (C=O) groups excluding carboxylic acids is 1. The van der Waals surface area contributed by atoms with Crippen molar-refractivity contribution in [1.29, 1.82) is 0 Å². The molecular weight excluding hydrogens is 278 g/mol. The van der Waals surface area contributed by atoms with Crippen LogP contribution in [0.2, 0.25) is 0 Å². The standard InChI is InChI=1S/C13H17N3OS2/c1-2-4-10(14)13-16-11(8-19-13)12(17)15-7-9-5-3-6-18-9/h3,5-6,8,10H,2,4,7,14H2,1H3,(H,15,17). The van der Waals surface area contributed by atoms with Gasteiger partial charge in [-0.05, 0) is 17.9 Å². The quantitative estimate of drug-likeness (QED) is 0.861. The molecule has 0 fully saturated rings. The fourth-order valence-electron chi connectivity index (χ4n) is 1.67. The van der Waals surface area contributed by atoms with E-state index in [4.69, 9.17) is 5.73 Å². The zero-order valence-electron chi connectivity index (χ0n) is 10.8. The molecule has 3 N–H and O–H groups in total. The molecule has 0 aliphatic heterocycles. The van der Waals surface area contributed by atoms with Crippen LogP contribution < -0.4 is 11.1 Å². The second-order valence-corrected chi connectivity index (χ2v) is 6.15. The Morgan fingerprint density at radius 2 is 2.37 bits per heavy atom. The van der Waals surface area contributed by atoms with Crippen molar-refractivity contribution in [2.45, 2.75) is 32.4 Å². The monoisotopic (exact) mass is 295 g/mol. The predicted octanol–water partition coefficient (Wildman–Crippen LogP) is 2.93. The first kappa shape index (κ1) is 14.2. The van der Waals surface area contributed by atoms with Crippen molar-refractivity contribution in [2.24, 2.45) is 5.73 Å². The molecule has 19 heavy (non-hydrogen) atoms. The highest BCUT2D eigenvalue weighted by Gasteiger charge is 2.14. The molecule has 6 heteroatoms. The summed E-state index contributed by atoms with van der Waals surface area (Å²) in [6.07, 6.45) is 1.91. The Hall–Kier alpha value is -1.24. The van der Waals surface area contributed by atoms with E-state index in [0.717, 1.165) is 22.7 Å². The van der Waals surface area contributed by atoms with Gasteiger partial charge in [0.2, 0.25) is 0 Å². The molecular formula is C13H17N3OS2. The van der Waals surface area contributed by atoms with Gasteiger partial charge in [-0.1, -0.05) is 19.4 Å². The van der Waals surface area contributed by atoms with Crippen LogP contribution in [0.15, 0.2) is 22.9 Å². The van der Waals surface area contributed by atoms with E-state index in [-0.39, 0.29) is 11.9 Å². The van der Waals surface area contributed by atoms with Gasteiger partial charge in [0.05, 0.1) is 12.6 Å². The first-order valence-corrected chi connectivity index (χ1v) is 7.98. The molecule has 2 heterocycles. The number of carbonyl (C=O) groups is 1. The van der Waals surface area contributed by atoms with Gasteiger partial charge in [0.15, 0.2) is 0 Å². The highest BCUT2D eigenvalue weighted by atomic mass is 32.1. The number of aromatic nitrogens is 1. The Morgan fingerprint density at radius 1 is 1.53 bits per heavy atom. The summed E-state index contributed by atoms with van der Waals surface area (Å²) < 4.78 is 0. The molecule has 4 nitrogen and oxygen atoms in total. The molecule has 0 bridgehead atoms. The van der Waals surface area contributed by atoms with Crippen molar-refractivity contribution in [3.05, 3.63) is 38.5 Å². The molecule has 1 unspecified atom stereocenters. The van der Waals surface area contributed by atoms with Gasteiger partial charge >= 0.3 is 0 Å². The van der Waals surface area contributed by atoms with Crippen LogP contribution in [-0.4, -0.2) is 10.9 Å². The minimum Gasteiger partial charge on any atom is -0.346 e. The molecule has 0 spiro atoms. The summed E-state index contributed by atoms with van der Waals surface area (Å²) in [5.74, 6) is -0.139. The number of nitrogens with two attached hydrogens (primary N) is 1. The van der Waals surface area contributed by atoms with Crippen molar-refractivity contribution in [3.63, 3.8) is 0 Å². The largest absolute Gasteiger partial charge is 0.346 e. The SMILES string of the molecule is CCCC(N)c1nc(C(=O)NCc2cccs2)cs1. The highest BCUT2D eigenvalue weighted by Crippen LogP contribution is 2.20. The lowest BCUT2D eigenvalue weighted by Gasteiger charge is -2.05. The summed E-state index contributed by atoms with van der Waals surface area (Å²) in [6, 6.07) is 3.90. The third kappa shape index (κ3) is 3.86. The fraction of sp³-hybridized carbons (Fsp3) is 0.385. The Balaban J connectivity index is 1.92. The second kappa shape index (κ2) is 6.79. The Morgan fingerprint density at radius 3 is 3.05 bits per heavy atom. The van der Waals surface area contributed by atoms with E-state index in [1.165, 1.54) is 11.3 Å². The van der Waals surface area contributed by atoms with Crippen LogP contribution in [0.3, 0.4) is 0 Å². The van der Waals surface area contributed by atoms with Crippen molar-refractivity contribution in [2.75, 3.05) is 0 Å². The third-order valence-electron chi connectivity index (χ3n) is 2.67. The van der Waals surface area contributed by atoms with Crippen LogP contribution in [-0.2, 0) is 6.54 Å². The molecule has 0 aromatic carbocycles. The maximum Gasteiger partial charge on any atom is 0.271 e. The molecule has 1 amide bonds. The minimum absolute atomic E-state index is 0.0613. The topological polar surface area (TPSA) is 68.0 Å². The summed E-state index contributed by atoms with van der Waals surface area (Å²) in [6.45, 7) is 2.63. The number of nitrogens with zero attached hydrogens (tertiary/aromatic N) is 1. The highest BCUT2D eigenvalue weighted by molar-refractivity contribution is 7.10. The van der Waals surface area contributed by atoms with E-state index in [0.29, 0.717) is 12.2 Å². The number of thiophene rings is 1. The smallest absolute Gasteiger partial charge is 0.271 e. The maximum atomic E-state index is 11.9. The van der Waals surface area contributed by atoms with Gasteiger partial charge in [0.25, 0.3) is 5.91 Å². The molecule has 102 valence electrons. The van der Waals surface area contributed by atoms with Gasteiger partial charge in [-0.3, -0.25) is 4.79 Å². The molecule has 2 aromatic rings. The Bertz CT molecular complexity index is 522. The first-order valence-electron chi connectivity index (χ1n) is 6.22. The molecule has 1 atom stereocenters. The van der Waals surface area contributed by atoms with Crippen LogP contribution >= 0.6 is 22.7 Å². The summed E-state index contributed by atoms with van der Waals surface area (Å²) in [7, 11) is 0. The number of rotatable bonds is 6. The lowest BCUT2D eigenvalue weighted by atomic mass is 10.2. The van der Waals surface area contributed by atoms with E-state index in [1.54, 1.807) is 16.7 Å². The van der Waals surface area contributed by atoms with Gasteiger partial charge in [0.1, 0.15) is 10.7 Å². The zero-order valence-corrected chi connectivity index (χ0v) is 12.4. The van der Waals surface area contributed by atoms with Crippen molar-refractivity contribution >= 4 is 28.6 Å². The van der Waals surface area contributed by atoms with Gasteiger partial charge in [-0.15, -0.1) is 22.7 Å². The van der Waals surface area contributed by atoms with E-state index in [1.807, 2.05) is 17.5 Å². The molecule has 0 aliphatic carbocycles. The normalized spacial score (nSPS) is 12.3. The molecule has 0 saturated carbocycles. The van der Waals surface area contributed by atoms with E-state index in [2.05, 4.69) is 17.2 Å². The maximum absolute atomic E-state index is 11.9. The number of amides is 1. The summed E-state index contributed by atoms with van der Waals surface area (Å²) in [5.41, 5.74) is 6.45. The second-order valence-electron chi connectivity index (χ2n) is 4.23. The lowest BCUT2D eigenvalue weighted by Crippen LogP contribution is -2.23. The number of nitrogens with one attached hydrogen (secondary N) is 1. The van der Waals surface area contributed by atoms with Crippen LogP contribution in [0, 0.1) is 0 Å². The Kier molecular flexibility index (Phi) is 5.07. The van der Waals surface area contributed by atoms with Gasteiger partial charge in [-0.25, -0.2) is 4.98 Å². The van der Waals surface area contributed by atoms with Crippen LogP contribution in [0.1, 0.15) is 46.2 Å². The zero-order chi connectivity index (χ0) is 13.7. The van der Waals surface area contributed by atoms with Crippen LogP contribution in [0.5, 0.6) is 0 Å².